The van der Waals surface area contributed by atoms with Crippen molar-refractivity contribution >= 4 is 11.9 Å². The summed E-state index contributed by atoms with van der Waals surface area (Å²) in [5, 5.41) is 0. The molecule has 0 rings (SSSR count). The normalized spacial score (nSPS) is 11.9. The lowest BCUT2D eigenvalue weighted by atomic mass is 10.1. The molecular weight excluding hydrogens is 220 g/mol. The maximum atomic E-state index is 11.2. The predicted molar refractivity (Wildman–Crippen MR) is 65.4 cm³/mol. The van der Waals surface area contributed by atoms with Crippen LogP contribution in [0.1, 0.15) is 41.0 Å². The molecule has 0 spiro atoms. The van der Waals surface area contributed by atoms with E-state index in [1.165, 1.54) is 0 Å². The second-order valence-corrected chi connectivity index (χ2v) is 5.22. The Balaban J connectivity index is 3.91. The van der Waals surface area contributed by atoms with E-state index >= 15 is 0 Å². The van der Waals surface area contributed by atoms with Crippen LogP contribution in [-0.2, 0) is 19.1 Å². The summed E-state index contributed by atoms with van der Waals surface area (Å²) in [5.41, 5.74) is -0.553. The van der Waals surface area contributed by atoms with Gasteiger partial charge in [-0.1, -0.05) is 13.8 Å². The van der Waals surface area contributed by atoms with Crippen molar-refractivity contribution in [2.75, 3.05) is 6.61 Å². The number of rotatable bonds is 5. The van der Waals surface area contributed by atoms with Crippen LogP contribution in [0.3, 0.4) is 0 Å². The van der Waals surface area contributed by atoms with Gasteiger partial charge in [-0.3, -0.25) is 0 Å². The minimum atomic E-state index is -0.553. The molecule has 0 N–H and O–H groups in total. The summed E-state index contributed by atoms with van der Waals surface area (Å²) in [7, 11) is 0. The number of ether oxygens (including phenoxy) is 2. The van der Waals surface area contributed by atoms with Crippen LogP contribution in [-0.4, -0.2) is 24.1 Å². The van der Waals surface area contributed by atoms with E-state index in [1.807, 2.05) is 13.8 Å². The highest BCUT2D eigenvalue weighted by Gasteiger charge is 2.14. The highest BCUT2D eigenvalue weighted by molar-refractivity contribution is 5.91. The quantitative estimate of drug-likeness (QED) is 0.549. The van der Waals surface area contributed by atoms with E-state index < -0.39 is 17.5 Å². The molecule has 0 bridgehead atoms. The standard InChI is InChI=1S/C13H22O4/c1-10(2)8-9-16-11(14)6-7-12(15)17-13(3,4)5/h6-7,10H,8-9H2,1-5H3/b7-6+. The van der Waals surface area contributed by atoms with E-state index in [-0.39, 0.29) is 0 Å². The van der Waals surface area contributed by atoms with Gasteiger partial charge in [-0.2, -0.15) is 0 Å². The molecule has 0 aliphatic rings. The van der Waals surface area contributed by atoms with E-state index in [1.54, 1.807) is 20.8 Å². The van der Waals surface area contributed by atoms with E-state index in [2.05, 4.69) is 0 Å². The molecule has 0 unspecified atom stereocenters. The largest absolute Gasteiger partial charge is 0.463 e. The summed E-state index contributed by atoms with van der Waals surface area (Å²) in [4.78, 5) is 22.4. The molecule has 0 aromatic rings. The van der Waals surface area contributed by atoms with Crippen LogP contribution in [0.15, 0.2) is 12.2 Å². The molecule has 0 aromatic carbocycles. The van der Waals surface area contributed by atoms with Gasteiger partial charge in [0.25, 0.3) is 0 Å². The average Bonchev–Trinajstić information content (AvgIpc) is 2.11. The van der Waals surface area contributed by atoms with Crippen LogP contribution >= 0.6 is 0 Å². The Morgan fingerprint density at radius 2 is 1.65 bits per heavy atom. The fraction of sp³-hybridized carbons (Fsp3) is 0.692. The van der Waals surface area contributed by atoms with Crippen molar-refractivity contribution in [3.8, 4) is 0 Å². The summed E-state index contributed by atoms with van der Waals surface area (Å²) in [5.74, 6) is -0.576. The molecule has 0 saturated carbocycles. The van der Waals surface area contributed by atoms with Crippen molar-refractivity contribution in [3.05, 3.63) is 12.2 Å². The van der Waals surface area contributed by atoms with Crippen molar-refractivity contribution in [1.82, 2.24) is 0 Å². The molecule has 0 atom stereocenters. The van der Waals surface area contributed by atoms with Crippen molar-refractivity contribution in [2.24, 2.45) is 5.92 Å². The van der Waals surface area contributed by atoms with Crippen LogP contribution in [0.4, 0.5) is 0 Å². The van der Waals surface area contributed by atoms with Gasteiger partial charge in [-0.25, -0.2) is 9.59 Å². The van der Waals surface area contributed by atoms with Gasteiger partial charge in [0.1, 0.15) is 5.60 Å². The van der Waals surface area contributed by atoms with E-state index in [0.29, 0.717) is 12.5 Å². The molecule has 0 aliphatic carbocycles. The smallest absolute Gasteiger partial charge is 0.331 e. The maximum Gasteiger partial charge on any atom is 0.331 e. The number of carbonyl (C=O) groups is 2. The molecule has 98 valence electrons. The lowest BCUT2D eigenvalue weighted by Gasteiger charge is -2.17. The van der Waals surface area contributed by atoms with Crippen molar-refractivity contribution < 1.29 is 19.1 Å². The average molecular weight is 242 g/mol. The van der Waals surface area contributed by atoms with Gasteiger partial charge in [-0.05, 0) is 33.1 Å². The Kier molecular flexibility index (Phi) is 6.54. The minimum absolute atomic E-state index is 0.370. The maximum absolute atomic E-state index is 11.2. The molecular formula is C13H22O4. The highest BCUT2D eigenvalue weighted by atomic mass is 16.6. The van der Waals surface area contributed by atoms with Gasteiger partial charge in [0.15, 0.2) is 0 Å². The summed E-state index contributed by atoms with van der Waals surface area (Å²) >= 11 is 0. The number of hydrogen-bond donors (Lipinski definition) is 0. The lowest BCUT2D eigenvalue weighted by Crippen LogP contribution is -2.22. The Morgan fingerprint density at radius 3 is 2.12 bits per heavy atom. The monoisotopic (exact) mass is 242 g/mol. The van der Waals surface area contributed by atoms with Gasteiger partial charge in [0, 0.05) is 12.2 Å². The van der Waals surface area contributed by atoms with Gasteiger partial charge < -0.3 is 9.47 Å². The molecule has 4 heteroatoms. The van der Waals surface area contributed by atoms with Gasteiger partial charge >= 0.3 is 11.9 Å². The third-order valence-corrected chi connectivity index (χ3v) is 1.70. The molecule has 0 aromatic heterocycles. The van der Waals surface area contributed by atoms with Crippen LogP contribution in [0, 0.1) is 5.92 Å². The van der Waals surface area contributed by atoms with Crippen LogP contribution in [0.2, 0.25) is 0 Å². The highest BCUT2D eigenvalue weighted by Crippen LogP contribution is 2.07. The van der Waals surface area contributed by atoms with Crippen LogP contribution < -0.4 is 0 Å². The SMILES string of the molecule is CC(C)CCOC(=O)/C=C/C(=O)OC(C)(C)C. The lowest BCUT2D eigenvalue weighted by molar-refractivity contribution is -0.149. The van der Waals surface area contributed by atoms with Gasteiger partial charge in [0.05, 0.1) is 6.61 Å². The van der Waals surface area contributed by atoms with Crippen molar-refractivity contribution in [1.29, 1.82) is 0 Å². The molecule has 0 amide bonds. The first-order chi connectivity index (χ1) is 7.70. The number of hydrogen-bond acceptors (Lipinski definition) is 4. The van der Waals surface area contributed by atoms with Gasteiger partial charge in [0.2, 0.25) is 0 Å². The fourth-order valence-electron chi connectivity index (χ4n) is 0.915. The molecule has 4 nitrogen and oxygen atoms in total. The summed E-state index contributed by atoms with van der Waals surface area (Å²) in [6.07, 6.45) is 2.99. The Bertz CT molecular complexity index is 284. The summed E-state index contributed by atoms with van der Waals surface area (Å²) in [6, 6.07) is 0. The Labute approximate surface area is 103 Å². The Hall–Kier alpha value is -1.32. The van der Waals surface area contributed by atoms with E-state index in [9.17, 15) is 9.59 Å². The molecule has 17 heavy (non-hydrogen) atoms. The minimum Gasteiger partial charge on any atom is -0.463 e. The third-order valence-electron chi connectivity index (χ3n) is 1.70. The topological polar surface area (TPSA) is 52.6 Å². The molecule has 0 fully saturated rings. The third kappa shape index (κ3) is 11.0. The Morgan fingerprint density at radius 1 is 1.12 bits per heavy atom. The molecule has 0 aliphatic heterocycles. The van der Waals surface area contributed by atoms with Gasteiger partial charge in [-0.15, -0.1) is 0 Å². The first-order valence-electron chi connectivity index (χ1n) is 5.78. The molecule has 0 heterocycles. The zero-order chi connectivity index (χ0) is 13.5. The fourth-order valence-corrected chi connectivity index (χ4v) is 0.915. The van der Waals surface area contributed by atoms with E-state index in [0.717, 1.165) is 18.6 Å². The van der Waals surface area contributed by atoms with Crippen LogP contribution in [0.25, 0.3) is 0 Å². The van der Waals surface area contributed by atoms with Crippen molar-refractivity contribution in [2.45, 2.75) is 46.6 Å². The van der Waals surface area contributed by atoms with E-state index in [4.69, 9.17) is 9.47 Å². The number of carbonyl (C=O) groups excluding carboxylic acids is 2. The summed E-state index contributed by atoms with van der Waals surface area (Å²) in [6.45, 7) is 9.75. The predicted octanol–water partition coefficient (Wildman–Crippen LogP) is 2.47. The second kappa shape index (κ2) is 7.09. The first kappa shape index (κ1) is 15.7. The zero-order valence-electron chi connectivity index (χ0n) is 11.3. The summed E-state index contributed by atoms with van der Waals surface area (Å²) < 4.78 is 9.90. The second-order valence-electron chi connectivity index (χ2n) is 5.22. The first-order valence-corrected chi connectivity index (χ1v) is 5.78. The number of esters is 2. The van der Waals surface area contributed by atoms with Crippen molar-refractivity contribution in [3.63, 3.8) is 0 Å². The zero-order valence-corrected chi connectivity index (χ0v) is 11.3. The molecule has 0 saturated heterocycles. The van der Waals surface area contributed by atoms with Crippen LogP contribution in [0.5, 0.6) is 0 Å². The molecule has 0 radical (unpaired) electrons.